The van der Waals surface area contributed by atoms with Gasteiger partial charge in [-0.05, 0) is 43.9 Å². The second kappa shape index (κ2) is 10.1. The summed E-state index contributed by atoms with van der Waals surface area (Å²) in [5.41, 5.74) is 0.999. The molecule has 1 saturated heterocycles. The van der Waals surface area contributed by atoms with Crippen LogP contribution in [0.1, 0.15) is 69.2 Å². The summed E-state index contributed by atoms with van der Waals surface area (Å²) in [4.78, 5) is 39.5. The van der Waals surface area contributed by atoms with E-state index < -0.39 is 0 Å². The molecule has 8 nitrogen and oxygen atoms in total. The molecule has 2 fully saturated rings. The lowest BCUT2D eigenvalue weighted by Gasteiger charge is -2.42. The number of nitrogens with zero attached hydrogens (tertiary/aromatic N) is 1. The van der Waals surface area contributed by atoms with Gasteiger partial charge in [0.15, 0.2) is 0 Å². The molecule has 3 aliphatic rings. The maximum atomic E-state index is 13.3. The quantitative estimate of drug-likeness (QED) is 0.708. The molecule has 0 radical (unpaired) electrons. The van der Waals surface area contributed by atoms with Crippen molar-refractivity contribution in [1.29, 1.82) is 0 Å². The van der Waals surface area contributed by atoms with Gasteiger partial charge in [0.2, 0.25) is 11.8 Å². The monoisotopic (exact) mass is 457 g/mol. The van der Waals surface area contributed by atoms with Crippen molar-refractivity contribution in [1.82, 2.24) is 10.2 Å². The summed E-state index contributed by atoms with van der Waals surface area (Å²) in [5, 5.41) is 5.97. The first-order chi connectivity index (χ1) is 15.8. The average Bonchev–Trinajstić information content (AvgIpc) is 3.29. The van der Waals surface area contributed by atoms with E-state index in [0.29, 0.717) is 42.5 Å². The molecule has 0 unspecified atom stereocenters. The Balaban J connectivity index is 1.42. The predicted octanol–water partition coefficient (Wildman–Crippen LogP) is 3.11. The molecule has 0 aromatic heterocycles. The molecule has 1 aromatic rings. The third kappa shape index (κ3) is 5.49. The Bertz CT molecular complexity index is 896. The molecular formula is C25H35N3O5. The van der Waals surface area contributed by atoms with E-state index in [2.05, 4.69) is 10.6 Å². The number of nitrogens with one attached hydrogen (secondary N) is 2. The maximum absolute atomic E-state index is 13.3. The second-order valence-corrected chi connectivity index (χ2v) is 9.78. The van der Waals surface area contributed by atoms with E-state index in [0.717, 1.165) is 19.3 Å². The van der Waals surface area contributed by atoms with Gasteiger partial charge in [-0.2, -0.15) is 0 Å². The topological polar surface area (TPSA) is 97.0 Å². The summed E-state index contributed by atoms with van der Waals surface area (Å²) in [6, 6.07) is 5.30. The van der Waals surface area contributed by atoms with Gasteiger partial charge in [0.05, 0.1) is 24.1 Å². The van der Waals surface area contributed by atoms with Crippen molar-refractivity contribution in [3.05, 3.63) is 23.8 Å². The van der Waals surface area contributed by atoms with Crippen molar-refractivity contribution < 1.29 is 23.9 Å². The number of likely N-dealkylation sites (N-methyl/N-ethyl adjacent to an activating group) is 1. The predicted molar refractivity (Wildman–Crippen MR) is 124 cm³/mol. The van der Waals surface area contributed by atoms with Crippen molar-refractivity contribution in [3.63, 3.8) is 0 Å². The molecule has 1 aromatic carbocycles. The van der Waals surface area contributed by atoms with E-state index in [4.69, 9.17) is 9.47 Å². The van der Waals surface area contributed by atoms with Crippen LogP contribution in [0, 0.1) is 5.92 Å². The highest BCUT2D eigenvalue weighted by atomic mass is 16.5. The van der Waals surface area contributed by atoms with Gasteiger partial charge in [0, 0.05) is 24.7 Å². The van der Waals surface area contributed by atoms with E-state index in [1.807, 2.05) is 13.8 Å². The number of carbonyl (C=O) groups excluding carboxylic acids is 3. The number of hydrogen-bond acceptors (Lipinski definition) is 5. The molecule has 1 aliphatic carbocycles. The number of rotatable bonds is 5. The minimum Gasteiger partial charge on any atom is -0.490 e. The SMILES string of the molecule is CC(C)C(=O)Nc1ccc2c(c1)C(=O)N(C)[C@@H]1CC[C@@H](CC(=O)NC3CCCC3)O[C@H]1CO2. The van der Waals surface area contributed by atoms with E-state index in [9.17, 15) is 14.4 Å². The first kappa shape index (κ1) is 23.5. The molecular weight excluding hydrogens is 422 g/mol. The second-order valence-electron chi connectivity index (χ2n) is 9.78. The van der Waals surface area contributed by atoms with E-state index in [1.54, 1.807) is 30.1 Å². The Morgan fingerprint density at radius 2 is 1.91 bits per heavy atom. The molecule has 3 atom stereocenters. The zero-order valence-corrected chi connectivity index (χ0v) is 19.8. The summed E-state index contributed by atoms with van der Waals surface area (Å²) in [6.45, 7) is 3.94. The molecule has 33 heavy (non-hydrogen) atoms. The van der Waals surface area contributed by atoms with Gasteiger partial charge in [-0.25, -0.2) is 0 Å². The Hall–Kier alpha value is -2.61. The van der Waals surface area contributed by atoms with Crippen LogP contribution < -0.4 is 15.4 Å². The molecule has 0 bridgehead atoms. The first-order valence-corrected chi connectivity index (χ1v) is 12.1. The molecule has 1 saturated carbocycles. The Morgan fingerprint density at radius 3 is 2.64 bits per heavy atom. The minimum atomic E-state index is -0.301. The van der Waals surface area contributed by atoms with Crippen molar-refractivity contribution in [2.45, 2.75) is 83.1 Å². The Labute approximate surface area is 195 Å². The lowest BCUT2D eigenvalue weighted by atomic mass is 9.94. The molecule has 3 amide bonds. The fourth-order valence-electron chi connectivity index (χ4n) is 4.96. The van der Waals surface area contributed by atoms with Gasteiger partial charge in [0.25, 0.3) is 5.91 Å². The third-order valence-electron chi connectivity index (χ3n) is 6.94. The van der Waals surface area contributed by atoms with Crippen molar-refractivity contribution >= 4 is 23.4 Å². The van der Waals surface area contributed by atoms with E-state index >= 15 is 0 Å². The van der Waals surface area contributed by atoms with Gasteiger partial charge in [-0.3, -0.25) is 14.4 Å². The van der Waals surface area contributed by atoms with Crippen LogP contribution in [0.5, 0.6) is 5.75 Å². The van der Waals surface area contributed by atoms with Crippen LogP contribution in [-0.4, -0.2) is 60.6 Å². The molecule has 180 valence electrons. The largest absolute Gasteiger partial charge is 0.490 e. The number of hydrogen-bond donors (Lipinski definition) is 2. The zero-order valence-electron chi connectivity index (χ0n) is 19.8. The molecule has 2 heterocycles. The van der Waals surface area contributed by atoms with Gasteiger partial charge in [-0.1, -0.05) is 26.7 Å². The maximum Gasteiger partial charge on any atom is 0.257 e. The number of fused-ring (bicyclic) bond motifs is 2. The Morgan fingerprint density at radius 1 is 1.15 bits per heavy atom. The van der Waals surface area contributed by atoms with Crippen molar-refractivity contribution in [2.24, 2.45) is 5.92 Å². The number of benzene rings is 1. The van der Waals surface area contributed by atoms with Crippen LogP contribution >= 0.6 is 0 Å². The minimum absolute atomic E-state index is 0.0443. The highest BCUT2D eigenvalue weighted by Crippen LogP contribution is 2.32. The summed E-state index contributed by atoms with van der Waals surface area (Å²) in [5.74, 6) is 0.0861. The van der Waals surface area contributed by atoms with Crippen LogP contribution in [0.2, 0.25) is 0 Å². The van der Waals surface area contributed by atoms with Crippen LogP contribution in [0.3, 0.4) is 0 Å². The van der Waals surface area contributed by atoms with E-state index in [1.165, 1.54) is 12.8 Å². The summed E-state index contributed by atoms with van der Waals surface area (Å²) >= 11 is 0. The summed E-state index contributed by atoms with van der Waals surface area (Å²) in [7, 11) is 1.78. The van der Waals surface area contributed by atoms with Gasteiger partial charge >= 0.3 is 0 Å². The molecule has 2 N–H and O–H groups in total. The molecule has 2 aliphatic heterocycles. The van der Waals surface area contributed by atoms with Gasteiger partial charge in [0.1, 0.15) is 18.5 Å². The molecule has 0 spiro atoms. The first-order valence-electron chi connectivity index (χ1n) is 12.1. The van der Waals surface area contributed by atoms with Gasteiger partial charge in [-0.15, -0.1) is 0 Å². The number of anilines is 1. The van der Waals surface area contributed by atoms with Crippen LogP contribution in [0.25, 0.3) is 0 Å². The summed E-state index contributed by atoms with van der Waals surface area (Å²) in [6.07, 6.45) is 5.81. The van der Waals surface area contributed by atoms with Crippen LogP contribution in [0.4, 0.5) is 5.69 Å². The van der Waals surface area contributed by atoms with Crippen LogP contribution in [0.15, 0.2) is 18.2 Å². The average molecular weight is 458 g/mol. The van der Waals surface area contributed by atoms with Crippen molar-refractivity contribution in [2.75, 3.05) is 19.0 Å². The smallest absolute Gasteiger partial charge is 0.257 e. The third-order valence-corrected chi connectivity index (χ3v) is 6.94. The number of ether oxygens (including phenoxy) is 2. The number of amides is 3. The molecule has 8 heteroatoms. The van der Waals surface area contributed by atoms with Crippen LogP contribution in [-0.2, 0) is 14.3 Å². The fraction of sp³-hybridized carbons (Fsp3) is 0.640. The Kier molecular flexibility index (Phi) is 7.22. The van der Waals surface area contributed by atoms with E-state index in [-0.39, 0.29) is 41.9 Å². The zero-order chi connectivity index (χ0) is 23.5. The van der Waals surface area contributed by atoms with Crippen molar-refractivity contribution in [3.8, 4) is 5.75 Å². The normalized spacial score (nSPS) is 25.5. The molecule has 4 rings (SSSR count). The van der Waals surface area contributed by atoms with Gasteiger partial charge < -0.3 is 25.0 Å². The lowest BCUT2D eigenvalue weighted by molar-refractivity contribution is -0.134. The lowest BCUT2D eigenvalue weighted by Crippen LogP contribution is -2.54. The number of carbonyl (C=O) groups is 3. The fourth-order valence-corrected chi connectivity index (χ4v) is 4.96. The summed E-state index contributed by atoms with van der Waals surface area (Å²) < 4.78 is 12.3. The standard InChI is InChI=1S/C25H35N3O5/c1-15(2)24(30)27-17-8-11-21-19(12-17)25(31)28(3)20-10-9-18(33-22(20)14-32-21)13-23(29)26-16-6-4-5-7-16/h8,11-12,15-16,18,20,22H,4-7,9-10,13-14H2,1-3H3,(H,26,29)(H,27,30)/t18-,20+,22-/m0/s1. The highest BCUT2D eigenvalue weighted by molar-refractivity contribution is 6.00. The highest BCUT2D eigenvalue weighted by Gasteiger charge is 2.39.